The lowest BCUT2D eigenvalue weighted by molar-refractivity contribution is -0.169. The van der Waals surface area contributed by atoms with Crippen LogP contribution >= 0.6 is 0 Å². The Morgan fingerprint density at radius 3 is 3.00 bits per heavy atom. The molecule has 1 unspecified atom stereocenters. The normalized spacial score (nSPS) is 12.5. The van der Waals surface area contributed by atoms with Gasteiger partial charge in [0, 0.05) is 13.5 Å². The van der Waals surface area contributed by atoms with Crippen molar-refractivity contribution in [2.45, 2.75) is 18.9 Å². The van der Waals surface area contributed by atoms with Crippen molar-refractivity contribution in [1.29, 1.82) is 0 Å². The first kappa shape index (κ1) is 11.7. The van der Waals surface area contributed by atoms with Crippen molar-refractivity contribution in [1.82, 2.24) is 5.06 Å². The van der Waals surface area contributed by atoms with Gasteiger partial charge in [0.2, 0.25) is 5.91 Å². The number of amides is 1. The number of nitrogens with zero attached hydrogens (tertiary/aromatic N) is 1. The van der Waals surface area contributed by atoms with E-state index < -0.39 is 6.10 Å². The SMILES string of the molecule is CON(C)C(=O)CCC(O)c1ccco1. The van der Waals surface area contributed by atoms with E-state index in [4.69, 9.17) is 9.25 Å². The third-order valence-electron chi connectivity index (χ3n) is 2.13. The van der Waals surface area contributed by atoms with Crippen molar-refractivity contribution in [2.24, 2.45) is 0 Å². The average molecular weight is 213 g/mol. The summed E-state index contributed by atoms with van der Waals surface area (Å²) in [7, 11) is 2.95. The van der Waals surface area contributed by atoms with Gasteiger partial charge in [0.25, 0.3) is 0 Å². The summed E-state index contributed by atoms with van der Waals surface area (Å²) in [6, 6.07) is 3.37. The Balaban J connectivity index is 2.34. The van der Waals surface area contributed by atoms with Crippen LogP contribution in [0.25, 0.3) is 0 Å². The second-order valence-electron chi connectivity index (χ2n) is 3.14. The maximum absolute atomic E-state index is 11.3. The highest BCUT2D eigenvalue weighted by Crippen LogP contribution is 2.18. The minimum atomic E-state index is -0.741. The summed E-state index contributed by atoms with van der Waals surface area (Å²) in [5, 5.41) is 10.7. The Bertz CT molecular complexity index is 296. The van der Waals surface area contributed by atoms with Crippen molar-refractivity contribution in [3.8, 4) is 0 Å². The molecule has 0 aliphatic carbocycles. The Morgan fingerprint density at radius 2 is 2.47 bits per heavy atom. The fourth-order valence-electron chi connectivity index (χ4n) is 1.14. The summed E-state index contributed by atoms with van der Waals surface area (Å²) in [5.74, 6) is 0.297. The fourth-order valence-corrected chi connectivity index (χ4v) is 1.14. The summed E-state index contributed by atoms with van der Waals surface area (Å²) in [5.41, 5.74) is 0. The molecule has 15 heavy (non-hydrogen) atoms. The van der Waals surface area contributed by atoms with Gasteiger partial charge in [-0.2, -0.15) is 0 Å². The van der Waals surface area contributed by atoms with Crippen LogP contribution in [0.2, 0.25) is 0 Å². The van der Waals surface area contributed by atoms with E-state index in [1.807, 2.05) is 0 Å². The summed E-state index contributed by atoms with van der Waals surface area (Å²) < 4.78 is 5.01. The number of carbonyl (C=O) groups excluding carboxylic acids is 1. The molecule has 1 N–H and O–H groups in total. The van der Waals surface area contributed by atoms with Crippen molar-refractivity contribution in [3.05, 3.63) is 24.2 Å². The molecule has 5 nitrogen and oxygen atoms in total. The number of hydrogen-bond donors (Lipinski definition) is 1. The first-order chi connectivity index (χ1) is 7.15. The third kappa shape index (κ3) is 3.38. The van der Waals surface area contributed by atoms with Gasteiger partial charge in [0.15, 0.2) is 0 Å². The predicted molar refractivity (Wildman–Crippen MR) is 52.7 cm³/mol. The highest BCUT2D eigenvalue weighted by Gasteiger charge is 2.14. The molecule has 0 bridgehead atoms. The van der Waals surface area contributed by atoms with E-state index in [0.29, 0.717) is 12.2 Å². The summed E-state index contributed by atoms with van der Waals surface area (Å²) in [4.78, 5) is 16.0. The van der Waals surface area contributed by atoms with Gasteiger partial charge in [-0.3, -0.25) is 9.63 Å². The van der Waals surface area contributed by atoms with Crippen LogP contribution < -0.4 is 0 Å². The lowest BCUT2D eigenvalue weighted by atomic mass is 10.1. The summed E-state index contributed by atoms with van der Waals surface area (Å²) in [6.45, 7) is 0. The number of aliphatic hydroxyl groups excluding tert-OH is 1. The monoisotopic (exact) mass is 213 g/mol. The van der Waals surface area contributed by atoms with E-state index in [1.54, 1.807) is 12.1 Å². The van der Waals surface area contributed by atoms with E-state index >= 15 is 0 Å². The highest BCUT2D eigenvalue weighted by atomic mass is 16.7. The van der Waals surface area contributed by atoms with Gasteiger partial charge >= 0.3 is 0 Å². The molecule has 1 aromatic heterocycles. The minimum Gasteiger partial charge on any atom is -0.467 e. The number of carbonyl (C=O) groups is 1. The van der Waals surface area contributed by atoms with Crippen LogP contribution in [0.1, 0.15) is 24.7 Å². The number of hydroxylamine groups is 2. The van der Waals surface area contributed by atoms with Crippen molar-refractivity contribution in [2.75, 3.05) is 14.2 Å². The number of rotatable bonds is 5. The number of hydrogen-bond acceptors (Lipinski definition) is 4. The van der Waals surface area contributed by atoms with Crippen molar-refractivity contribution < 1.29 is 19.2 Å². The lowest BCUT2D eigenvalue weighted by Crippen LogP contribution is -2.25. The van der Waals surface area contributed by atoms with Gasteiger partial charge in [0.1, 0.15) is 11.9 Å². The molecule has 0 fully saturated rings. The van der Waals surface area contributed by atoms with Gasteiger partial charge in [-0.25, -0.2) is 5.06 Å². The molecule has 0 saturated heterocycles. The molecule has 0 spiro atoms. The standard InChI is InChI=1S/C10H15NO4/c1-11(14-2)10(13)6-5-8(12)9-4-3-7-15-9/h3-4,7-8,12H,5-6H2,1-2H3. The van der Waals surface area contributed by atoms with Gasteiger partial charge < -0.3 is 9.52 Å². The Labute approximate surface area is 88.2 Å². The Morgan fingerprint density at radius 1 is 1.73 bits per heavy atom. The molecule has 1 rings (SSSR count). The van der Waals surface area contributed by atoms with Crippen LogP contribution in [-0.2, 0) is 9.63 Å². The fraction of sp³-hybridized carbons (Fsp3) is 0.500. The topological polar surface area (TPSA) is 62.9 Å². The molecular weight excluding hydrogens is 198 g/mol. The second kappa shape index (κ2) is 5.53. The van der Waals surface area contributed by atoms with Gasteiger partial charge in [0.05, 0.1) is 13.4 Å². The van der Waals surface area contributed by atoms with E-state index in [-0.39, 0.29) is 12.3 Å². The van der Waals surface area contributed by atoms with E-state index in [0.717, 1.165) is 5.06 Å². The molecule has 5 heteroatoms. The lowest BCUT2D eigenvalue weighted by Gasteiger charge is -2.14. The van der Waals surface area contributed by atoms with Crippen LogP contribution in [0.5, 0.6) is 0 Å². The molecule has 1 heterocycles. The zero-order valence-electron chi connectivity index (χ0n) is 8.84. The molecule has 0 saturated carbocycles. The molecule has 84 valence electrons. The smallest absolute Gasteiger partial charge is 0.245 e. The van der Waals surface area contributed by atoms with Gasteiger partial charge in [-0.1, -0.05) is 0 Å². The molecular formula is C10H15NO4. The number of aliphatic hydroxyl groups is 1. The number of furan rings is 1. The third-order valence-corrected chi connectivity index (χ3v) is 2.13. The second-order valence-corrected chi connectivity index (χ2v) is 3.14. The average Bonchev–Trinajstić information content (AvgIpc) is 2.77. The molecule has 0 aliphatic heterocycles. The van der Waals surface area contributed by atoms with E-state index in [9.17, 15) is 9.90 Å². The highest BCUT2D eigenvalue weighted by molar-refractivity contribution is 5.74. The zero-order valence-corrected chi connectivity index (χ0v) is 8.84. The molecule has 1 atom stereocenters. The summed E-state index contributed by atoms with van der Waals surface area (Å²) in [6.07, 6.45) is 1.28. The first-order valence-electron chi connectivity index (χ1n) is 4.67. The maximum atomic E-state index is 11.3. The van der Waals surface area contributed by atoms with Crippen LogP contribution in [0.4, 0.5) is 0 Å². The predicted octanol–water partition coefficient (Wildman–Crippen LogP) is 1.11. The Hall–Kier alpha value is -1.33. The maximum Gasteiger partial charge on any atom is 0.245 e. The quantitative estimate of drug-likeness (QED) is 0.744. The molecule has 1 aromatic rings. The minimum absolute atomic E-state index is 0.178. The van der Waals surface area contributed by atoms with Crippen LogP contribution in [-0.4, -0.2) is 30.2 Å². The van der Waals surface area contributed by atoms with Crippen molar-refractivity contribution in [3.63, 3.8) is 0 Å². The molecule has 0 aliphatic rings. The van der Waals surface area contributed by atoms with E-state index in [1.165, 1.54) is 20.4 Å². The zero-order chi connectivity index (χ0) is 11.3. The molecule has 0 aromatic carbocycles. The van der Waals surface area contributed by atoms with Crippen LogP contribution in [0, 0.1) is 0 Å². The largest absolute Gasteiger partial charge is 0.467 e. The van der Waals surface area contributed by atoms with Gasteiger partial charge in [-0.15, -0.1) is 0 Å². The molecule has 0 radical (unpaired) electrons. The summed E-state index contributed by atoms with van der Waals surface area (Å²) >= 11 is 0. The van der Waals surface area contributed by atoms with Crippen molar-refractivity contribution >= 4 is 5.91 Å². The van der Waals surface area contributed by atoms with Crippen LogP contribution in [0.15, 0.2) is 22.8 Å². The van der Waals surface area contributed by atoms with Gasteiger partial charge in [-0.05, 0) is 18.6 Å². The van der Waals surface area contributed by atoms with E-state index in [2.05, 4.69) is 0 Å². The van der Waals surface area contributed by atoms with Crippen LogP contribution in [0.3, 0.4) is 0 Å². The molecule has 1 amide bonds. The Kier molecular flexibility index (Phi) is 4.33. The first-order valence-corrected chi connectivity index (χ1v) is 4.67.